The van der Waals surface area contributed by atoms with Crippen LogP contribution in [0, 0.1) is 0 Å². The standard InChI is InChI=1S/2C4H10O.3ClH.Ti/c2*1-2-3-4-5;;;;/h2*5H,2-4H2,1H3;3*1H;. The van der Waals surface area contributed by atoms with Crippen molar-refractivity contribution in [2.75, 3.05) is 13.2 Å². The van der Waals surface area contributed by atoms with Crippen molar-refractivity contribution in [2.45, 2.75) is 39.5 Å². The normalized spacial score (nSPS) is 6.00. The van der Waals surface area contributed by atoms with Gasteiger partial charge in [-0.15, -0.1) is 37.2 Å². The van der Waals surface area contributed by atoms with Crippen molar-refractivity contribution in [3.63, 3.8) is 0 Å². The number of hydrogen-bond acceptors (Lipinski definition) is 2. The molecule has 0 atom stereocenters. The predicted octanol–water partition coefficient (Wildman–Crippen LogP) is 2.82. The molecule has 0 spiro atoms. The van der Waals surface area contributed by atoms with Crippen molar-refractivity contribution >= 4 is 37.2 Å². The van der Waals surface area contributed by atoms with Crippen LogP contribution in [0.4, 0.5) is 0 Å². The van der Waals surface area contributed by atoms with E-state index in [-0.39, 0.29) is 58.9 Å². The van der Waals surface area contributed by atoms with Gasteiger partial charge in [0.1, 0.15) is 0 Å². The van der Waals surface area contributed by atoms with Gasteiger partial charge in [-0.25, -0.2) is 0 Å². The molecule has 0 heterocycles. The third-order valence-corrected chi connectivity index (χ3v) is 1.02. The molecule has 92 valence electrons. The molecule has 0 aromatic heterocycles. The van der Waals surface area contributed by atoms with Crippen molar-refractivity contribution in [3.8, 4) is 0 Å². The fourth-order valence-corrected chi connectivity index (χ4v) is 0.316. The number of aliphatic hydroxyl groups is 2. The molecule has 0 rings (SSSR count). The van der Waals surface area contributed by atoms with Gasteiger partial charge < -0.3 is 10.2 Å². The maximum absolute atomic E-state index is 8.07. The SMILES string of the molecule is CCCCO.CCCCO.Cl.Cl.Cl.[Ti]. The maximum atomic E-state index is 8.07. The van der Waals surface area contributed by atoms with Crippen molar-refractivity contribution < 1.29 is 31.9 Å². The number of rotatable bonds is 4. The van der Waals surface area contributed by atoms with E-state index in [9.17, 15) is 0 Å². The Labute approximate surface area is 121 Å². The van der Waals surface area contributed by atoms with Gasteiger partial charge in [-0.2, -0.15) is 0 Å². The summed E-state index contributed by atoms with van der Waals surface area (Å²) in [4.78, 5) is 0. The molecular formula is C8H23Cl3O2Ti. The Bertz CT molecular complexity index is 43.6. The molecule has 0 bridgehead atoms. The zero-order chi connectivity index (χ0) is 8.24. The Morgan fingerprint density at radius 1 is 0.714 bits per heavy atom. The van der Waals surface area contributed by atoms with E-state index in [2.05, 4.69) is 13.8 Å². The first-order valence-corrected chi connectivity index (χ1v) is 4.05. The van der Waals surface area contributed by atoms with Crippen LogP contribution in [0.25, 0.3) is 0 Å². The van der Waals surface area contributed by atoms with Crippen LogP contribution in [-0.4, -0.2) is 23.4 Å². The van der Waals surface area contributed by atoms with Crippen molar-refractivity contribution in [2.24, 2.45) is 0 Å². The average molecular weight is 305 g/mol. The number of halogens is 3. The van der Waals surface area contributed by atoms with Gasteiger partial charge in [0, 0.05) is 34.9 Å². The number of unbranched alkanes of at least 4 members (excludes halogenated alkanes) is 2. The van der Waals surface area contributed by atoms with Crippen LogP contribution < -0.4 is 0 Å². The van der Waals surface area contributed by atoms with E-state index < -0.39 is 0 Å². The molecule has 0 aromatic rings. The number of aliphatic hydroxyl groups excluding tert-OH is 2. The van der Waals surface area contributed by atoms with Gasteiger partial charge in [-0.3, -0.25) is 0 Å². The molecule has 0 saturated heterocycles. The first kappa shape index (κ1) is 36.1. The molecule has 2 nitrogen and oxygen atoms in total. The van der Waals surface area contributed by atoms with Gasteiger partial charge in [0.2, 0.25) is 0 Å². The summed E-state index contributed by atoms with van der Waals surface area (Å²) in [5, 5.41) is 16.1. The Morgan fingerprint density at radius 2 is 0.929 bits per heavy atom. The van der Waals surface area contributed by atoms with E-state index >= 15 is 0 Å². The molecule has 0 saturated carbocycles. The molecule has 2 N–H and O–H groups in total. The quantitative estimate of drug-likeness (QED) is 0.784. The topological polar surface area (TPSA) is 40.5 Å². The Morgan fingerprint density at radius 3 is 0.929 bits per heavy atom. The third kappa shape index (κ3) is 69.7. The molecule has 14 heavy (non-hydrogen) atoms. The predicted molar refractivity (Wildman–Crippen MR) is 65.7 cm³/mol. The summed E-state index contributed by atoms with van der Waals surface area (Å²) in [6, 6.07) is 0. The fraction of sp³-hybridized carbons (Fsp3) is 1.00. The van der Waals surface area contributed by atoms with Crippen LogP contribution in [0.15, 0.2) is 0 Å². The molecule has 0 aliphatic carbocycles. The van der Waals surface area contributed by atoms with Gasteiger partial charge in [0.15, 0.2) is 0 Å². The van der Waals surface area contributed by atoms with Crippen LogP contribution in [0.1, 0.15) is 39.5 Å². The summed E-state index contributed by atoms with van der Waals surface area (Å²) >= 11 is 0. The Balaban J connectivity index is -0.0000000178. The van der Waals surface area contributed by atoms with E-state index in [1.807, 2.05) is 0 Å². The van der Waals surface area contributed by atoms with Gasteiger partial charge in [0.25, 0.3) is 0 Å². The van der Waals surface area contributed by atoms with Crippen molar-refractivity contribution in [1.82, 2.24) is 0 Å². The molecule has 6 heteroatoms. The van der Waals surface area contributed by atoms with Crippen LogP contribution in [-0.2, 0) is 21.7 Å². The van der Waals surface area contributed by atoms with E-state index in [1.165, 1.54) is 0 Å². The average Bonchev–Trinajstić information content (AvgIpc) is 1.93. The van der Waals surface area contributed by atoms with E-state index in [4.69, 9.17) is 10.2 Å². The summed E-state index contributed by atoms with van der Waals surface area (Å²) in [6.07, 6.45) is 4.08. The zero-order valence-corrected chi connectivity index (χ0v) is 12.9. The first-order valence-electron chi connectivity index (χ1n) is 4.05. The minimum atomic E-state index is 0. The molecule has 0 aliphatic heterocycles. The second kappa shape index (κ2) is 47.0. The fourth-order valence-electron chi connectivity index (χ4n) is 0.316. The third-order valence-electron chi connectivity index (χ3n) is 1.02. The molecule has 0 aromatic carbocycles. The second-order valence-corrected chi connectivity index (χ2v) is 2.15. The summed E-state index contributed by atoms with van der Waals surface area (Å²) < 4.78 is 0. The smallest absolute Gasteiger partial charge is 0.0430 e. The van der Waals surface area contributed by atoms with E-state index in [0.29, 0.717) is 13.2 Å². The van der Waals surface area contributed by atoms with Crippen LogP contribution in [0.2, 0.25) is 0 Å². The summed E-state index contributed by atoms with van der Waals surface area (Å²) in [5.74, 6) is 0. The second-order valence-electron chi connectivity index (χ2n) is 2.15. The van der Waals surface area contributed by atoms with Gasteiger partial charge in [0.05, 0.1) is 0 Å². The van der Waals surface area contributed by atoms with Crippen molar-refractivity contribution in [1.29, 1.82) is 0 Å². The summed E-state index contributed by atoms with van der Waals surface area (Å²) in [5.41, 5.74) is 0. The molecule has 0 fully saturated rings. The van der Waals surface area contributed by atoms with E-state index in [0.717, 1.165) is 25.7 Å². The zero-order valence-electron chi connectivity index (χ0n) is 8.86. The summed E-state index contributed by atoms with van der Waals surface area (Å²) in [7, 11) is 0. The molecule has 0 radical (unpaired) electrons. The monoisotopic (exact) mass is 304 g/mol. The van der Waals surface area contributed by atoms with Gasteiger partial charge in [-0.1, -0.05) is 26.7 Å². The Kier molecular flexibility index (Phi) is 121. The van der Waals surface area contributed by atoms with Crippen LogP contribution in [0.5, 0.6) is 0 Å². The first-order chi connectivity index (χ1) is 4.83. The molecule has 0 aliphatic rings. The van der Waals surface area contributed by atoms with Crippen LogP contribution in [0.3, 0.4) is 0 Å². The largest absolute Gasteiger partial charge is 0.396 e. The van der Waals surface area contributed by atoms with E-state index in [1.54, 1.807) is 0 Å². The van der Waals surface area contributed by atoms with Crippen molar-refractivity contribution in [3.05, 3.63) is 0 Å². The molecule has 0 unspecified atom stereocenters. The minimum absolute atomic E-state index is 0. The van der Waals surface area contributed by atoms with Gasteiger partial charge >= 0.3 is 0 Å². The van der Waals surface area contributed by atoms with Gasteiger partial charge in [-0.05, 0) is 12.8 Å². The Hall–Kier alpha value is 1.50. The van der Waals surface area contributed by atoms with Crippen LogP contribution >= 0.6 is 37.2 Å². The summed E-state index contributed by atoms with van der Waals surface area (Å²) in [6.45, 7) is 4.79. The number of hydrogen-bond donors (Lipinski definition) is 2. The minimum Gasteiger partial charge on any atom is -0.396 e. The molecule has 0 amide bonds. The molecular weight excluding hydrogens is 282 g/mol. The maximum Gasteiger partial charge on any atom is 0.0430 e.